The summed E-state index contributed by atoms with van der Waals surface area (Å²) >= 11 is 13.1. The van der Waals surface area contributed by atoms with Crippen molar-refractivity contribution in [2.45, 2.75) is 0 Å². The number of hydrogen-bond donors (Lipinski definition) is 2. The molecule has 4 rings (SSSR count). The summed E-state index contributed by atoms with van der Waals surface area (Å²) in [5.74, 6) is -0.931. The van der Waals surface area contributed by atoms with Gasteiger partial charge in [0.05, 0.1) is 22.8 Å². The van der Waals surface area contributed by atoms with E-state index in [1.54, 1.807) is 12.1 Å². The second-order valence-corrected chi connectivity index (χ2v) is 9.67. The van der Waals surface area contributed by atoms with Crippen LogP contribution in [-0.2, 0) is 4.79 Å². The Morgan fingerprint density at radius 3 is 2.62 bits per heavy atom. The number of hydrazone groups is 1. The molecule has 0 bridgehead atoms. The topological polar surface area (TPSA) is 102 Å². The molecule has 0 unspecified atom stereocenters. The third kappa shape index (κ3) is 6.68. The molecule has 0 aliphatic rings. The van der Waals surface area contributed by atoms with Crippen LogP contribution >= 0.6 is 43.5 Å². The van der Waals surface area contributed by atoms with E-state index in [4.69, 9.17) is 25.5 Å². The van der Waals surface area contributed by atoms with E-state index in [2.05, 4.69) is 47.7 Å². The Balaban J connectivity index is 1.39. The minimum atomic E-state index is -0.541. The first kappa shape index (κ1) is 26.6. The Kier molecular flexibility index (Phi) is 8.47. The summed E-state index contributed by atoms with van der Waals surface area (Å²) in [4.78, 5) is 24.6. The van der Waals surface area contributed by atoms with E-state index in [1.165, 1.54) is 43.7 Å². The average molecular weight is 654 g/mol. The van der Waals surface area contributed by atoms with Crippen molar-refractivity contribution in [3.05, 3.63) is 85.7 Å². The van der Waals surface area contributed by atoms with Gasteiger partial charge in [0.2, 0.25) is 0 Å². The third-order valence-electron chi connectivity index (χ3n) is 4.87. The Bertz CT molecular complexity index is 1510. The van der Waals surface area contributed by atoms with Gasteiger partial charge in [-0.15, -0.1) is 0 Å². The van der Waals surface area contributed by atoms with Gasteiger partial charge in [-0.25, -0.2) is 9.82 Å². The standard InChI is InChI=1S/C25H17Br2ClFN3O5/c1-35-20-7-13(6-19(28)24(20)36-12-22(33)31-17-4-2-16(29)3-5-17)11-30-32-25(34)21-9-14-8-15(26)10-18(27)23(14)37-21/h2-11H,12H2,1H3,(H,31,33)(H,32,34)/b30-11-. The quantitative estimate of drug-likeness (QED) is 0.166. The summed E-state index contributed by atoms with van der Waals surface area (Å²) in [5.41, 5.74) is 3.86. The molecule has 0 saturated carbocycles. The van der Waals surface area contributed by atoms with E-state index in [0.717, 1.165) is 9.86 Å². The highest BCUT2D eigenvalue weighted by molar-refractivity contribution is 9.11. The number of ether oxygens (including phenoxy) is 2. The van der Waals surface area contributed by atoms with Gasteiger partial charge < -0.3 is 19.2 Å². The van der Waals surface area contributed by atoms with E-state index in [9.17, 15) is 14.0 Å². The molecule has 0 spiro atoms. The van der Waals surface area contributed by atoms with Crippen LogP contribution in [0, 0.1) is 5.82 Å². The maximum absolute atomic E-state index is 13.0. The monoisotopic (exact) mass is 651 g/mol. The van der Waals surface area contributed by atoms with E-state index >= 15 is 0 Å². The molecule has 12 heteroatoms. The van der Waals surface area contributed by atoms with Crippen LogP contribution < -0.4 is 20.2 Å². The van der Waals surface area contributed by atoms with Gasteiger partial charge in [0.1, 0.15) is 11.4 Å². The molecule has 8 nitrogen and oxygen atoms in total. The van der Waals surface area contributed by atoms with Gasteiger partial charge in [-0.1, -0.05) is 27.5 Å². The van der Waals surface area contributed by atoms with Crippen molar-refractivity contribution in [2.24, 2.45) is 5.10 Å². The molecule has 0 aliphatic heterocycles. The summed E-state index contributed by atoms with van der Waals surface area (Å²) in [6.45, 7) is -0.360. The van der Waals surface area contributed by atoms with Gasteiger partial charge in [-0.05, 0) is 76.1 Å². The van der Waals surface area contributed by atoms with Gasteiger partial charge in [-0.3, -0.25) is 9.59 Å². The molecule has 2 N–H and O–H groups in total. The molecule has 1 heterocycles. The van der Waals surface area contributed by atoms with Gasteiger partial charge in [0.15, 0.2) is 23.9 Å². The maximum Gasteiger partial charge on any atom is 0.307 e. The molecule has 0 radical (unpaired) electrons. The lowest BCUT2D eigenvalue weighted by Crippen LogP contribution is -2.20. The lowest BCUT2D eigenvalue weighted by molar-refractivity contribution is -0.118. The van der Waals surface area contributed by atoms with Crippen LogP contribution in [0.5, 0.6) is 11.5 Å². The lowest BCUT2D eigenvalue weighted by Gasteiger charge is -2.13. The average Bonchev–Trinajstić information content (AvgIpc) is 3.29. The van der Waals surface area contributed by atoms with Crippen molar-refractivity contribution in [1.29, 1.82) is 0 Å². The van der Waals surface area contributed by atoms with Crippen LogP contribution in [0.1, 0.15) is 16.1 Å². The van der Waals surface area contributed by atoms with Crippen LogP contribution in [-0.4, -0.2) is 31.7 Å². The second kappa shape index (κ2) is 11.8. The zero-order chi connectivity index (χ0) is 26.5. The molecule has 0 fully saturated rings. The zero-order valence-electron chi connectivity index (χ0n) is 19.0. The number of furan rings is 1. The summed E-state index contributed by atoms with van der Waals surface area (Å²) in [6.07, 6.45) is 1.37. The molecule has 4 aromatic rings. The molecule has 37 heavy (non-hydrogen) atoms. The fraction of sp³-hybridized carbons (Fsp3) is 0.0800. The molecule has 0 aliphatic carbocycles. The lowest BCUT2D eigenvalue weighted by atomic mass is 10.2. The minimum Gasteiger partial charge on any atom is -0.493 e. The fourth-order valence-corrected chi connectivity index (χ4v) is 4.84. The first-order valence-electron chi connectivity index (χ1n) is 10.5. The summed E-state index contributed by atoms with van der Waals surface area (Å²) < 4.78 is 31.0. The second-order valence-electron chi connectivity index (χ2n) is 7.49. The highest BCUT2D eigenvalue weighted by atomic mass is 79.9. The first-order valence-corrected chi connectivity index (χ1v) is 12.5. The predicted octanol–water partition coefficient (Wildman–Crippen LogP) is 6.54. The number of amides is 2. The van der Waals surface area contributed by atoms with Crippen LogP contribution in [0.25, 0.3) is 11.0 Å². The third-order valence-corrected chi connectivity index (χ3v) is 6.19. The fourth-order valence-electron chi connectivity index (χ4n) is 3.23. The van der Waals surface area contributed by atoms with Gasteiger partial charge in [0, 0.05) is 15.5 Å². The Hall–Kier alpha value is -3.41. The number of nitrogens with zero attached hydrogens (tertiary/aromatic N) is 1. The van der Waals surface area contributed by atoms with Crippen LogP contribution in [0.4, 0.5) is 10.1 Å². The van der Waals surface area contributed by atoms with Crippen molar-refractivity contribution >= 4 is 78.1 Å². The van der Waals surface area contributed by atoms with Gasteiger partial charge in [0.25, 0.3) is 5.91 Å². The number of halogens is 4. The SMILES string of the molecule is COc1cc(/C=N\NC(=O)c2cc3cc(Br)cc(Br)c3o2)cc(Cl)c1OCC(=O)Nc1ccc(F)cc1. The van der Waals surface area contributed by atoms with E-state index in [0.29, 0.717) is 21.3 Å². The molecule has 2 amide bonds. The Morgan fingerprint density at radius 2 is 1.89 bits per heavy atom. The molecular formula is C25H17Br2ClFN3O5. The zero-order valence-corrected chi connectivity index (χ0v) is 22.9. The molecular weight excluding hydrogens is 637 g/mol. The summed E-state index contributed by atoms with van der Waals surface area (Å²) in [6, 6.07) is 13.7. The van der Waals surface area contributed by atoms with Crippen molar-refractivity contribution < 1.29 is 27.9 Å². The number of benzene rings is 3. The molecule has 3 aromatic carbocycles. The first-order chi connectivity index (χ1) is 17.7. The van der Waals surface area contributed by atoms with E-state index in [-0.39, 0.29) is 28.9 Å². The van der Waals surface area contributed by atoms with Crippen molar-refractivity contribution in [3.63, 3.8) is 0 Å². The number of nitrogens with one attached hydrogen (secondary N) is 2. The van der Waals surface area contributed by atoms with Crippen molar-refractivity contribution in [3.8, 4) is 11.5 Å². The number of rotatable bonds is 8. The highest BCUT2D eigenvalue weighted by Crippen LogP contribution is 2.36. The number of hydrogen-bond acceptors (Lipinski definition) is 6. The highest BCUT2D eigenvalue weighted by Gasteiger charge is 2.16. The van der Waals surface area contributed by atoms with E-state index in [1.807, 2.05) is 12.1 Å². The number of carbonyl (C=O) groups excluding carboxylic acids is 2. The largest absolute Gasteiger partial charge is 0.493 e. The minimum absolute atomic E-state index is 0.0872. The predicted molar refractivity (Wildman–Crippen MR) is 145 cm³/mol. The number of methoxy groups -OCH3 is 1. The normalized spacial score (nSPS) is 11.1. The molecule has 190 valence electrons. The Morgan fingerprint density at radius 1 is 1.14 bits per heavy atom. The number of fused-ring (bicyclic) bond motifs is 1. The molecule has 0 saturated heterocycles. The van der Waals surface area contributed by atoms with Crippen molar-refractivity contribution in [1.82, 2.24) is 5.43 Å². The van der Waals surface area contributed by atoms with Crippen LogP contribution in [0.2, 0.25) is 5.02 Å². The molecule has 1 aromatic heterocycles. The smallest absolute Gasteiger partial charge is 0.307 e. The van der Waals surface area contributed by atoms with Gasteiger partial charge >= 0.3 is 5.91 Å². The molecule has 0 atom stereocenters. The Labute approximate surface area is 232 Å². The number of anilines is 1. The van der Waals surface area contributed by atoms with Crippen LogP contribution in [0.15, 0.2) is 73.1 Å². The van der Waals surface area contributed by atoms with Crippen LogP contribution in [0.3, 0.4) is 0 Å². The number of carbonyl (C=O) groups is 2. The summed E-state index contributed by atoms with van der Waals surface area (Å²) in [5, 5.41) is 7.44. The maximum atomic E-state index is 13.0. The summed E-state index contributed by atoms with van der Waals surface area (Å²) in [7, 11) is 1.41. The van der Waals surface area contributed by atoms with Crippen molar-refractivity contribution in [2.75, 3.05) is 19.0 Å². The van der Waals surface area contributed by atoms with Gasteiger partial charge in [-0.2, -0.15) is 5.10 Å². The van der Waals surface area contributed by atoms with E-state index < -0.39 is 17.6 Å².